The molecule has 0 aromatic heterocycles. The van der Waals surface area contributed by atoms with Crippen LogP contribution in [0.1, 0.15) is 5.56 Å². The van der Waals surface area contributed by atoms with Crippen LogP contribution in [0.15, 0.2) is 47.4 Å². The second kappa shape index (κ2) is 6.34. The molecule has 0 aliphatic carbocycles. The lowest BCUT2D eigenvalue weighted by molar-refractivity contribution is 0.415. The summed E-state index contributed by atoms with van der Waals surface area (Å²) < 4.78 is 32.0. The largest absolute Gasteiger partial charge is 0.495 e. The normalized spacial score (nSPS) is 11.3. The lowest BCUT2D eigenvalue weighted by Crippen LogP contribution is -2.23. The van der Waals surface area contributed by atoms with Crippen molar-refractivity contribution in [3.63, 3.8) is 0 Å². The van der Waals surface area contributed by atoms with Gasteiger partial charge in [0.25, 0.3) is 0 Å². The Hall–Kier alpha value is -1.76. The summed E-state index contributed by atoms with van der Waals surface area (Å²) in [6, 6.07) is 11.3. The van der Waals surface area contributed by atoms with Gasteiger partial charge in [0.1, 0.15) is 5.75 Å². The van der Waals surface area contributed by atoms with Crippen LogP contribution in [-0.2, 0) is 16.6 Å². The summed E-state index contributed by atoms with van der Waals surface area (Å²) in [5.74, 6) is 0.315. The zero-order chi connectivity index (χ0) is 15.5. The second-order valence-electron chi connectivity index (χ2n) is 4.32. The first-order chi connectivity index (χ1) is 9.94. The summed E-state index contributed by atoms with van der Waals surface area (Å²) in [4.78, 5) is 0.0839. The highest BCUT2D eigenvalue weighted by molar-refractivity contribution is 7.89. The van der Waals surface area contributed by atoms with Crippen LogP contribution in [0.4, 0.5) is 5.69 Å². The quantitative estimate of drug-likeness (QED) is 0.827. The average Bonchev–Trinajstić information content (AvgIpc) is 2.46. The van der Waals surface area contributed by atoms with E-state index in [0.29, 0.717) is 22.0 Å². The highest BCUT2D eigenvalue weighted by Crippen LogP contribution is 2.25. The molecule has 0 heterocycles. The Morgan fingerprint density at radius 1 is 1.24 bits per heavy atom. The number of benzene rings is 2. The van der Waals surface area contributed by atoms with Gasteiger partial charge in [-0.1, -0.05) is 29.8 Å². The lowest BCUT2D eigenvalue weighted by atomic mass is 10.2. The molecule has 0 bridgehead atoms. The molecule has 0 saturated heterocycles. The first-order valence-electron chi connectivity index (χ1n) is 6.10. The topological polar surface area (TPSA) is 81.4 Å². The fourth-order valence-corrected chi connectivity index (χ4v) is 2.98. The number of hydrogen-bond donors (Lipinski definition) is 2. The van der Waals surface area contributed by atoms with E-state index in [0.717, 1.165) is 0 Å². The van der Waals surface area contributed by atoms with Gasteiger partial charge in [-0.05, 0) is 23.8 Å². The van der Waals surface area contributed by atoms with Crippen LogP contribution in [0.2, 0.25) is 5.02 Å². The number of anilines is 1. The lowest BCUT2D eigenvalue weighted by Gasteiger charge is -2.10. The number of nitrogen functional groups attached to an aromatic ring is 1. The molecule has 3 N–H and O–H groups in total. The molecule has 112 valence electrons. The van der Waals surface area contributed by atoms with Crippen molar-refractivity contribution in [3.05, 3.63) is 53.1 Å². The molecule has 5 nitrogen and oxygen atoms in total. The fourth-order valence-electron chi connectivity index (χ4n) is 1.76. The highest BCUT2D eigenvalue weighted by atomic mass is 35.5. The van der Waals surface area contributed by atoms with Crippen molar-refractivity contribution < 1.29 is 13.2 Å². The standard InChI is InChI=1S/C14H15ClN2O3S/c1-20-14-8-11(6-7-13(14)16)21(18,19)17-9-10-4-2-3-5-12(10)15/h2-8,17H,9,16H2,1H3. The summed E-state index contributed by atoms with van der Waals surface area (Å²) in [6.45, 7) is 0.106. The molecule has 2 aromatic carbocycles. The third kappa shape index (κ3) is 3.66. The van der Waals surface area contributed by atoms with Crippen LogP contribution in [-0.4, -0.2) is 15.5 Å². The number of sulfonamides is 1. The SMILES string of the molecule is COc1cc(S(=O)(=O)NCc2ccccc2Cl)ccc1N. The Morgan fingerprint density at radius 3 is 2.62 bits per heavy atom. The molecule has 0 aliphatic rings. The fraction of sp³-hybridized carbons (Fsp3) is 0.143. The van der Waals surface area contributed by atoms with Gasteiger partial charge < -0.3 is 10.5 Å². The summed E-state index contributed by atoms with van der Waals surface area (Å²) >= 11 is 6.00. The van der Waals surface area contributed by atoms with Crippen molar-refractivity contribution in [1.82, 2.24) is 4.72 Å². The molecular weight excluding hydrogens is 312 g/mol. The van der Waals surface area contributed by atoms with Crippen LogP contribution in [0.25, 0.3) is 0 Å². The van der Waals surface area contributed by atoms with Crippen molar-refractivity contribution in [1.29, 1.82) is 0 Å². The van der Waals surface area contributed by atoms with Gasteiger partial charge in [0.2, 0.25) is 10.0 Å². The smallest absolute Gasteiger partial charge is 0.241 e. The number of halogens is 1. The number of hydrogen-bond acceptors (Lipinski definition) is 4. The van der Waals surface area contributed by atoms with Crippen LogP contribution in [0.5, 0.6) is 5.75 Å². The third-order valence-electron chi connectivity index (χ3n) is 2.93. The second-order valence-corrected chi connectivity index (χ2v) is 6.49. The predicted molar refractivity (Wildman–Crippen MR) is 82.9 cm³/mol. The molecule has 0 aliphatic heterocycles. The Bertz CT molecular complexity index is 748. The zero-order valence-electron chi connectivity index (χ0n) is 11.3. The Morgan fingerprint density at radius 2 is 1.95 bits per heavy atom. The molecule has 0 fully saturated rings. The van der Waals surface area contributed by atoms with E-state index in [4.69, 9.17) is 22.1 Å². The van der Waals surface area contributed by atoms with E-state index in [-0.39, 0.29) is 11.4 Å². The van der Waals surface area contributed by atoms with E-state index < -0.39 is 10.0 Å². The zero-order valence-corrected chi connectivity index (χ0v) is 12.9. The van der Waals surface area contributed by atoms with Gasteiger partial charge >= 0.3 is 0 Å². The Labute approximate surface area is 128 Å². The van der Waals surface area contributed by atoms with Gasteiger partial charge in [0, 0.05) is 17.6 Å². The van der Waals surface area contributed by atoms with Gasteiger partial charge in [-0.25, -0.2) is 13.1 Å². The van der Waals surface area contributed by atoms with Gasteiger partial charge in [0.05, 0.1) is 17.7 Å². The van der Waals surface area contributed by atoms with E-state index >= 15 is 0 Å². The predicted octanol–water partition coefficient (Wildman–Crippen LogP) is 2.41. The third-order valence-corrected chi connectivity index (χ3v) is 4.69. The maximum atomic E-state index is 12.2. The van der Waals surface area contributed by atoms with E-state index in [9.17, 15) is 8.42 Å². The molecule has 0 amide bonds. The number of nitrogens with one attached hydrogen (secondary N) is 1. The minimum Gasteiger partial charge on any atom is -0.495 e. The van der Waals surface area contributed by atoms with E-state index in [1.807, 2.05) is 0 Å². The van der Waals surface area contributed by atoms with Crippen molar-refractivity contribution >= 4 is 27.3 Å². The molecular formula is C14H15ClN2O3S. The van der Waals surface area contributed by atoms with Crippen LogP contribution in [0.3, 0.4) is 0 Å². The molecule has 21 heavy (non-hydrogen) atoms. The van der Waals surface area contributed by atoms with Gasteiger partial charge in [-0.2, -0.15) is 0 Å². The molecule has 0 atom stereocenters. The van der Waals surface area contributed by atoms with Gasteiger partial charge in [-0.15, -0.1) is 0 Å². The molecule has 2 aromatic rings. The summed E-state index contributed by atoms with van der Waals surface area (Å²) in [5, 5.41) is 0.509. The molecule has 0 spiro atoms. The first-order valence-corrected chi connectivity index (χ1v) is 7.97. The molecule has 0 unspecified atom stereocenters. The van der Waals surface area contributed by atoms with E-state index in [1.165, 1.54) is 25.3 Å². The van der Waals surface area contributed by atoms with Crippen LogP contribution >= 0.6 is 11.6 Å². The monoisotopic (exact) mass is 326 g/mol. The summed E-state index contributed by atoms with van der Waals surface area (Å²) in [5.41, 5.74) is 6.75. The Balaban J connectivity index is 2.21. The van der Waals surface area contributed by atoms with E-state index in [1.54, 1.807) is 24.3 Å². The minimum atomic E-state index is -3.67. The van der Waals surface area contributed by atoms with Crippen LogP contribution < -0.4 is 15.2 Å². The maximum absolute atomic E-state index is 12.2. The molecule has 2 rings (SSSR count). The minimum absolute atomic E-state index is 0.0839. The first kappa shape index (κ1) is 15.6. The highest BCUT2D eigenvalue weighted by Gasteiger charge is 2.16. The van der Waals surface area contributed by atoms with Gasteiger partial charge in [0.15, 0.2) is 0 Å². The molecule has 7 heteroatoms. The number of ether oxygens (including phenoxy) is 1. The van der Waals surface area contributed by atoms with Crippen molar-refractivity contribution in [2.75, 3.05) is 12.8 Å². The number of rotatable bonds is 5. The van der Waals surface area contributed by atoms with Crippen LogP contribution in [0, 0.1) is 0 Å². The Kier molecular flexibility index (Phi) is 4.72. The summed E-state index contributed by atoms with van der Waals surface area (Å²) in [7, 11) is -2.24. The van der Waals surface area contributed by atoms with E-state index in [2.05, 4.69) is 4.72 Å². The number of methoxy groups -OCH3 is 1. The average molecular weight is 327 g/mol. The van der Waals surface area contributed by atoms with Crippen molar-refractivity contribution in [2.45, 2.75) is 11.4 Å². The van der Waals surface area contributed by atoms with Crippen molar-refractivity contribution in [3.8, 4) is 5.75 Å². The van der Waals surface area contributed by atoms with Gasteiger partial charge in [-0.3, -0.25) is 0 Å². The number of nitrogens with two attached hydrogens (primary N) is 1. The summed E-state index contributed by atoms with van der Waals surface area (Å²) in [6.07, 6.45) is 0. The maximum Gasteiger partial charge on any atom is 0.241 e. The van der Waals surface area contributed by atoms with Crippen molar-refractivity contribution in [2.24, 2.45) is 0 Å². The molecule has 0 radical (unpaired) electrons. The molecule has 0 saturated carbocycles.